The van der Waals surface area contributed by atoms with Crippen LogP contribution in [0.1, 0.15) is 42.1 Å². The summed E-state index contributed by atoms with van der Waals surface area (Å²) < 4.78 is 0. The smallest absolute Gasteiger partial charge is 0.339 e. The molecule has 0 bridgehead atoms. The fourth-order valence-electron chi connectivity index (χ4n) is 4.36. The van der Waals surface area contributed by atoms with Gasteiger partial charge in [0.1, 0.15) is 5.54 Å². The van der Waals surface area contributed by atoms with E-state index < -0.39 is 29.3 Å². The Morgan fingerprint density at radius 3 is 2.30 bits per heavy atom. The SMILES string of the molecule is CCC1(c2ccccc2)NC(=O)N(NC(=O)C2CCN(C(=O)c3ccc(Cl)cc3)CC2)C1=O. The Balaban J connectivity index is 1.38. The number of nitrogens with one attached hydrogen (secondary N) is 2. The van der Waals surface area contributed by atoms with Gasteiger partial charge in [-0.1, -0.05) is 48.9 Å². The maximum atomic E-state index is 13.2. The van der Waals surface area contributed by atoms with Crippen LogP contribution >= 0.6 is 11.6 Å². The van der Waals surface area contributed by atoms with Crippen LogP contribution in [0.5, 0.6) is 0 Å². The molecule has 2 fully saturated rings. The molecule has 2 N–H and O–H groups in total. The van der Waals surface area contributed by atoms with Crippen molar-refractivity contribution in [3.63, 3.8) is 0 Å². The number of likely N-dealkylation sites (tertiary alicyclic amines) is 1. The molecule has 2 heterocycles. The van der Waals surface area contributed by atoms with E-state index in [1.807, 2.05) is 13.0 Å². The van der Waals surface area contributed by atoms with Crippen molar-refractivity contribution >= 4 is 35.4 Å². The molecule has 2 aromatic carbocycles. The van der Waals surface area contributed by atoms with E-state index in [4.69, 9.17) is 11.6 Å². The third kappa shape index (κ3) is 4.30. The molecule has 4 rings (SSSR count). The Kier molecular flexibility index (Phi) is 6.37. The van der Waals surface area contributed by atoms with Crippen molar-refractivity contribution in [3.05, 3.63) is 70.7 Å². The Morgan fingerprint density at radius 2 is 1.70 bits per heavy atom. The van der Waals surface area contributed by atoms with E-state index in [0.29, 0.717) is 48.5 Å². The second-order valence-corrected chi connectivity index (χ2v) is 8.68. The van der Waals surface area contributed by atoms with E-state index >= 15 is 0 Å². The summed E-state index contributed by atoms with van der Waals surface area (Å²) in [6.45, 7) is 2.62. The molecule has 33 heavy (non-hydrogen) atoms. The summed E-state index contributed by atoms with van der Waals surface area (Å²) >= 11 is 5.88. The first-order valence-corrected chi connectivity index (χ1v) is 11.3. The highest BCUT2D eigenvalue weighted by atomic mass is 35.5. The molecule has 2 aliphatic heterocycles. The summed E-state index contributed by atoms with van der Waals surface area (Å²) in [7, 11) is 0. The number of carbonyl (C=O) groups is 4. The summed E-state index contributed by atoms with van der Waals surface area (Å²) in [5.74, 6) is -1.44. The second-order valence-electron chi connectivity index (χ2n) is 8.25. The number of hydrogen-bond acceptors (Lipinski definition) is 4. The minimum atomic E-state index is -1.21. The van der Waals surface area contributed by atoms with Gasteiger partial charge in [-0.05, 0) is 49.1 Å². The summed E-state index contributed by atoms with van der Waals surface area (Å²) in [6.07, 6.45) is 1.22. The first-order valence-electron chi connectivity index (χ1n) is 10.9. The van der Waals surface area contributed by atoms with Gasteiger partial charge in [0.05, 0.1) is 0 Å². The molecular weight excluding hydrogens is 444 g/mol. The van der Waals surface area contributed by atoms with Crippen molar-refractivity contribution in [1.29, 1.82) is 0 Å². The lowest BCUT2D eigenvalue weighted by molar-refractivity contribution is -0.141. The van der Waals surface area contributed by atoms with Crippen LogP contribution in [0.2, 0.25) is 5.02 Å². The molecule has 2 saturated heterocycles. The molecule has 0 spiro atoms. The maximum Gasteiger partial charge on any atom is 0.344 e. The number of carbonyl (C=O) groups excluding carboxylic acids is 4. The van der Waals surface area contributed by atoms with Gasteiger partial charge in [-0.15, -0.1) is 0 Å². The largest absolute Gasteiger partial charge is 0.344 e. The standard InChI is InChI=1S/C24H25ClN4O4/c1-2-24(18-6-4-3-5-7-18)22(32)29(23(33)26-24)27-20(30)16-12-14-28(15-13-16)21(31)17-8-10-19(25)11-9-17/h3-11,16H,2,12-15H2,1H3,(H,26,33)(H,27,30). The van der Waals surface area contributed by atoms with E-state index in [1.165, 1.54) is 0 Å². The van der Waals surface area contributed by atoms with Crippen LogP contribution in [-0.2, 0) is 15.1 Å². The number of piperidine rings is 1. The molecule has 0 aliphatic carbocycles. The van der Waals surface area contributed by atoms with Crippen LogP contribution in [0.3, 0.4) is 0 Å². The van der Waals surface area contributed by atoms with Crippen LogP contribution in [-0.4, -0.2) is 46.8 Å². The Morgan fingerprint density at radius 1 is 1.06 bits per heavy atom. The number of urea groups is 1. The number of halogens is 1. The lowest BCUT2D eigenvalue weighted by Gasteiger charge is -2.32. The normalized spacial score (nSPS) is 21.2. The maximum absolute atomic E-state index is 13.2. The van der Waals surface area contributed by atoms with Gasteiger partial charge in [0, 0.05) is 29.6 Å². The van der Waals surface area contributed by atoms with Gasteiger partial charge < -0.3 is 10.2 Å². The monoisotopic (exact) mass is 468 g/mol. The summed E-state index contributed by atoms with van der Waals surface area (Å²) in [4.78, 5) is 53.0. The van der Waals surface area contributed by atoms with Crippen molar-refractivity contribution in [3.8, 4) is 0 Å². The van der Waals surface area contributed by atoms with Gasteiger partial charge in [-0.3, -0.25) is 19.8 Å². The van der Waals surface area contributed by atoms with Crippen LogP contribution in [0, 0.1) is 5.92 Å². The zero-order chi connectivity index (χ0) is 23.6. The number of amides is 5. The third-order valence-corrected chi connectivity index (χ3v) is 6.61. The predicted octanol–water partition coefficient (Wildman–Crippen LogP) is 3.08. The van der Waals surface area contributed by atoms with Crippen LogP contribution in [0.25, 0.3) is 0 Å². The minimum Gasteiger partial charge on any atom is -0.339 e. The molecule has 0 aromatic heterocycles. The average Bonchev–Trinajstić information content (AvgIpc) is 3.10. The fourth-order valence-corrected chi connectivity index (χ4v) is 4.49. The predicted molar refractivity (Wildman–Crippen MR) is 122 cm³/mol. The second kappa shape index (κ2) is 9.23. The molecule has 2 aliphatic rings. The zero-order valence-electron chi connectivity index (χ0n) is 18.2. The van der Waals surface area contributed by atoms with Gasteiger partial charge in [-0.2, -0.15) is 5.01 Å². The summed E-state index contributed by atoms with van der Waals surface area (Å²) in [5.41, 5.74) is 2.50. The number of rotatable bonds is 5. The third-order valence-electron chi connectivity index (χ3n) is 6.35. The number of hydrogen-bond donors (Lipinski definition) is 2. The van der Waals surface area contributed by atoms with E-state index in [2.05, 4.69) is 10.7 Å². The molecule has 0 radical (unpaired) electrons. The van der Waals surface area contributed by atoms with E-state index in [1.54, 1.807) is 53.4 Å². The first kappa shape index (κ1) is 22.8. The lowest BCUT2D eigenvalue weighted by Crippen LogP contribution is -2.51. The van der Waals surface area contributed by atoms with Crippen molar-refractivity contribution in [2.45, 2.75) is 31.7 Å². The van der Waals surface area contributed by atoms with Crippen molar-refractivity contribution < 1.29 is 19.2 Å². The highest BCUT2D eigenvalue weighted by Gasteiger charge is 2.52. The number of hydrazine groups is 1. The topological polar surface area (TPSA) is 98.8 Å². The highest BCUT2D eigenvalue weighted by molar-refractivity contribution is 6.30. The van der Waals surface area contributed by atoms with Crippen LogP contribution in [0.15, 0.2) is 54.6 Å². The Hall–Kier alpha value is -3.39. The van der Waals surface area contributed by atoms with Crippen molar-refractivity contribution in [2.24, 2.45) is 5.92 Å². The molecule has 172 valence electrons. The van der Waals surface area contributed by atoms with Crippen LogP contribution < -0.4 is 10.7 Å². The van der Waals surface area contributed by atoms with Gasteiger partial charge in [0.15, 0.2) is 0 Å². The average molecular weight is 469 g/mol. The quantitative estimate of drug-likeness (QED) is 0.659. The van der Waals surface area contributed by atoms with Crippen molar-refractivity contribution in [1.82, 2.24) is 20.7 Å². The van der Waals surface area contributed by atoms with Crippen molar-refractivity contribution in [2.75, 3.05) is 13.1 Å². The van der Waals surface area contributed by atoms with Gasteiger partial charge in [-0.25, -0.2) is 4.79 Å². The van der Waals surface area contributed by atoms with Gasteiger partial charge >= 0.3 is 6.03 Å². The molecule has 0 saturated carbocycles. The minimum absolute atomic E-state index is 0.116. The van der Waals surface area contributed by atoms with Gasteiger partial charge in [0.2, 0.25) is 5.91 Å². The molecule has 1 unspecified atom stereocenters. The molecule has 9 heteroatoms. The zero-order valence-corrected chi connectivity index (χ0v) is 19.0. The Labute approximate surface area is 196 Å². The number of nitrogens with zero attached hydrogens (tertiary/aromatic N) is 2. The molecule has 2 aromatic rings. The lowest BCUT2D eigenvalue weighted by atomic mass is 9.87. The molecule has 1 atom stereocenters. The molecular formula is C24H25ClN4O4. The van der Waals surface area contributed by atoms with E-state index in [-0.39, 0.29) is 5.91 Å². The van der Waals surface area contributed by atoms with E-state index in [9.17, 15) is 19.2 Å². The Bertz CT molecular complexity index is 1070. The van der Waals surface area contributed by atoms with Gasteiger partial charge in [0.25, 0.3) is 11.8 Å². The van der Waals surface area contributed by atoms with Crippen LogP contribution in [0.4, 0.5) is 4.79 Å². The van der Waals surface area contributed by atoms with E-state index in [0.717, 1.165) is 5.01 Å². The fraction of sp³-hybridized carbons (Fsp3) is 0.333. The highest BCUT2D eigenvalue weighted by Crippen LogP contribution is 2.32. The molecule has 5 amide bonds. The number of benzene rings is 2. The number of imide groups is 1. The first-order chi connectivity index (χ1) is 15.9. The molecule has 8 nitrogen and oxygen atoms in total. The summed E-state index contributed by atoms with van der Waals surface area (Å²) in [6, 6.07) is 15.0. The summed E-state index contributed by atoms with van der Waals surface area (Å²) in [5, 5.41) is 4.09.